The molecule has 3 aromatic carbocycles. The molecule has 0 aliphatic carbocycles. The fraction of sp³-hybridized carbons (Fsp3) is 0.0769. The van der Waals surface area contributed by atoms with Crippen LogP contribution in [0.1, 0.15) is 16.7 Å². The van der Waals surface area contributed by atoms with Gasteiger partial charge in [0, 0.05) is 11.1 Å². The predicted octanol–water partition coefficient (Wildman–Crippen LogP) is 6.04. The van der Waals surface area contributed by atoms with E-state index in [1.54, 1.807) is 73.9 Å². The molecule has 5 nitrogen and oxygen atoms in total. The SMILES string of the molecule is COc1ccc(/C=C/C(=O)Oc2ccc(/C=C(\C#N)c3ccc(Cl)cc3)cc2OC)cc1. The second kappa shape index (κ2) is 10.9. The summed E-state index contributed by atoms with van der Waals surface area (Å²) in [6.07, 6.45) is 4.71. The number of carbonyl (C=O) groups is 1. The Morgan fingerprint density at radius 2 is 1.59 bits per heavy atom. The predicted molar refractivity (Wildman–Crippen MR) is 126 cm³/mol. The quantitative estimate of drug-likeness (QED) is 0.146. The molecule has 0 fully saturated rings. The third-order valence-electron chi connectivity index (χ3n) is 4.51. The number of esters is 1. The van der Waals surface area contributed by atoms with Crippen LogP contribution in [0.3, 0.4) is 0 Å². The molecule has 32 heavy (non-hydrogen) atoms. The molecule has 0 aliphatic rings. The normalized spacial score (nSPS) is 11.1. The second-order valence-corrected chi connectivity index (χ2v) is 7.05. The number of ether oxygens (including phenoxy) is 3. The van der Waals surface area contributed by atoms with Gasteiger partial charge in [0.05, 0.1) is 25.9 Å². The highest BCUT2D eigenvalue weighted by atomic mass is 35.5. The lowest BCUT2D eigenvalue weighted by atomic mass is 10.0. The minimum Gasteiger partial charge on any atom is -0.497 e. The number of methoxy groups -OCH3 is 2. The van der Waals surface area contributed by atoms with E-state index < -0.39 is 5.97 Å². The van der Waals surface area contributed by atoms with Crippen LogP contribution < -0.4 is 14.2 Å². The average molecular weight is 446 g/mol. The van der Waals surface area contributed by atoms with Gasteiger partial charge in [0.2, 0.25) is 0 Å². The number of hydrogen-bond donors (Lipinski definition) is 0. The molecule has 0 aliphatic heterocycles. The van der Waals surface area contributed by atoms with Crippen molar-refractivity contribution in [1.29, 1.82) is 5.26 Å². The topological polar surface area (TPSA) is 68.5 Å². The molecule has 0 unspecified atom stereocenters. The smallest absolute Gasteiger partial charge is 0.336 e. The molecule has 0 amide bonds. The average Bonchev–Trinajstić information content (AvgIpc) is 2.83. The molecule has 3 aromatic rings. The van der Waals surface area contributed by atoms with Crippen molar-refractivity contribution in [3.05, 3.63) is 94.5 Å². The first kappa shape index (κ1) is 22.7. The molecule has 6 heteroatoms. The van der Waals surface area contributed by atoms with Crippen molar-refractivity contribution in [3.8, 4) is 23.3 Å². The second-order valence-electron chi connectivity index (χ2n) is 6.61. The standard InChI is InChI=1S/C26H20ClNO4/c1-30-23-11-3-18(4-12-23)6-14-26(29)32-24-13-5-19(16-25(24)31-2)15-21(17-28)20-7-9-22(27)10-8-20/h3-16H,1-2H3/b14-6+,21-15+. The fourth-order valence-corrected chi connectivity index (χ4v) is 2.98. The van der Waals surface area contributed by atoms with Gasteiger partial charge < -0.3 is 14.2 Å². The van der Waals surface area contributed by atoms with Gasteiger partial charge in [0.15, 0.2) is 11.5 Å². The van der Waals surface area contributed by atoms with Gasteiger partial charge in [-0.2, -0.15) is 5.26 Å². The van der Waals surface area contributed by atoms with Crippen LogP contribution in [-0.2, 0) is 4.79 Å². The number of allylic oxidation sites excluding steroid dienone is 1. The molecule has 0 aromatic heterocycles. The van der Waals surface area contributed by atoms with Crippen molar-refractivity contribution in [2.75, 3.05) is 14.2 Å². The summed E-state index contributed by atoms with van der Waals surface area (Å²) < 4.78 is 15.9. The van der Waals surface area contributed by atoms with Crippen molar-refractivity contribution in [2.45, 2.75) is 0 Å². The van der Waals surface area contributed by atoms with Gasteiger partial charge >= 0.3 is 5.97 Å². The van der Waals surface area contributed by atoms with Gasteiger partial charge in [-0.05, 0) is 65.2 Å². The summed E-state index contributed by atoms with van der Waals surface area (Å²) in [5.41, 5.74) is 2.77. The number of benzene rings is 3. The lowest BCUT2D eigenvalue weighted by Crippen LogP contribution is -2.05. The molecule has 0 radical (unpaired) electrons. The van der Waals surface area contributed by atoms with E-state index in [0.29, 0.717) is 16.3 Å². The Morgan fingerprint density at radius 1 is 0.906 bits per heavy atom. The zero-order valence-corrected chi connectivity index (χ0v) is 18.3. The molecular formula is C26H20ClNO4. The maximum absolute atomic E-state index is 12.2. The summed E-state index contributed by atoms with van der Waals surface area (Å²) in [5.74, 6) is 0.845. The van der Waals surface area contributed by atoms with Crippen LogP contribution in [0, 0.1) is 11.3 Å². The molecular weight excluding hydrogens is 426 g/mol. The van der Waals surface area contributed by atoms with Crippen molar-refractivity contribution >= 4 is 35.3 Å². The first-order chi connectivity index (χ1) is 15.5. The van der Waals surface area contributed by atoms with Crippen LogP contribution in [0.4, 0.5) is 0 Å². The Labute approximate surface area is 191 Å². The first-order valence-electron chi connectivity index (χ1n) is 9.62. The van der Waals surface area contributed by atoms with Gasteiger partial charge in [-0.25, -0.2) is 4.79 Å². The van der Waals surface area contributed by atoms with Crippen molar-refractivity contribution < 1.29 is 19.0 Å². The van der Waals surface area contributed by atoms with Crippen LogP contribution in [0.2, 0.25) is 5.02 Å². The highest BCUT2D eigenvalue weighted by Crippen LogP contribution is 2.30. The summed E-state index contributed by atoms with van der Waals surface area (Å²) in [6.45, 7) is 0. The zero-order chi connectivity index (χ0) is 22.9. The first-order valence-corrected chi connectivity index (χ1v) is 10.00. The van der Waals surface area contributed by atoms with Gasteiger partial charge in [0.25, 0.3) is 0 Å². The Bertz CT molecular complexity index is 1190. The monoisotopic (exact) mass is 445 g/mol. The van der Waals surface area contributed by atoms with Gasteiger partial charge in [0.1, 0.15) is 5.75 Å². The zero-order valence-electron chi connectivity index (χ0n) is 17.5. The lowest BCUT2D eigenvalue weighted by Gasteiger charge is -2.09. The molecule has 0 N–H and O–H groups in total. The number of rotatable bonds is 7. The van der Waals surface area contributed by atoms with Crippen molar-refractivity contribution in [2.24, 2.45) is 0 Å². The van der Waals surface area contributed by atoms with E-state index in [9.17, 15) is 10.1 Å². The van der Waals surface area contributed by atoms with E-state index >= 15 is 0 Å². The molecule has 0 bridgehead atoms. The number of hydrogen-bond acceptors (Lipinski definition) is 5. The van der Waals surface area contributed by atoms with Crippen LogP contribution in [0.5, 0.6) is 17.2 Å². The fourth-order valence-electron chi connectivity index (χ4n) is 2.86. The van der Waals surface area contributed by atoms with E-state index in [-0.39, 0.29) is 5.75 Å². The van der Waals surface area contributed by atoms with Crippen molar-refractivity contribution in [3.63, 3.8) is 0 Å². The lowest BCUT2D eigenvalue weighted by molar-refractivity contribution is -0.129. The maximum atomic E-state index is 12.2. The van der Waals surface area contributed by atoms with Crippen LogP contribution in [0.15, 0.2) is 72.8 Å². The van der Waals surface area contributed by atoms with E-state index in [0.717, 1.165) is 22.4 Å². The van der Waals surface area contributed by atoms with Crippen LogP contribution in [-0.4, -0.2) is 20.2 Å². The number of halogens is 1. The third-order valence-corrected chi connectivity index (χ3v) is 4.76. The van der Waals surface area contributed by atoms with Crippen LogP contribution >= 0.6 is 11.6 Å². The molecule has 0 saturated carbocycles. The van der Waals surface area contributed by atoms with E-state index in [2.05, 4.69) is 6.07 Å². The van der Waals surface area contributed by atoms with Gasteiger partial charge in [-0.1, -0.05) is 41.9 Å². The minimum atomic E-state index is -0.540. The summed E-state index contributed by atoms with van der Waals surface area (Å²) in [4.78, 5) is 12.2. The third kappa shape index (κ3) is 6.00. The Morgan fingerprint density at radius 3 is 2.22 bits per heavy atom. The molecule has 0 heterocycles. The summed E-state index contributed by atoms with van der Waals surface area (Å²) >= 11 is 5.92. The summed E-state index contributed by atoms with van der Waals surface area (Å²) in [5, 5.41) is 10.1. The van der Waals surface area contributed by atoms with Gasteiger partial charge in [-0.3, -0.25) is 0 Å². The Balaban J connectivity index is 1.75. The molecule has 0 atom stereocenters. The minimum absolute atomic E-state index is 0.277. The Kier molecular flexibility index (Phi) is 7.69. The Hall–Kier alpha value is -4.01. The highest BCUT2D eigenvalue weighted by Gasteiger charge is 2.10. The molecule has 160 valence electrons. The summed E-state index contributed by atoms with van der Waals surface area (Å²) in [6, 6.07) is 21.5. The van der Waals surface area contributed by atoms with E-state index in [4.69, 9.17) is 25.8 Å². The number of carbonyl (C=O) groups excluding carboxylic acids is 1. The number of nitrogens with zero attached hydrogens (tertiary/aromatic N) is 1. The van der Waals surface area contributed by atoms with E-state index in [1.165, 1.54) is 13.2 Å². The largest absolute Gasteiger partial charge is 0.497 e. The highest BCUT2D eigenvalue weighted by molar-refractivity contribution is 6.30. The van der Waals surface area contributed by atoms with E-state index in [1.807, 2.05) is 12.1 Å². The molecule has 0 saturated heterocycles. The maximum Gasteiger partial charge on any atom is 0.336 e. The van der Waals surface area contributed by atoms with Gasteiger partial charge in [-0.15, -0.1) is 0 Å². The molecule has 0 spiro atoms. The summed E-state index contributed by atoms with van der Waals surface area (Å²) in [7, 11) is 3.08. The van der Waals surface area contributed by atoms with Crippen molar-refractivity contribution in [1.82, 2.24) is 0 Å². The van der Waals surface area contributed by atoms with Crippen LogP contribution in [0.25, 0.3) is 17.7 Å². The molecule has 3 rings (SSSR count). The number of nitriles is 1.